The number of ether oxygens (including phenoxy) is 1. The Kier molecular flexibility index (Phi) is 4.97. The minimum atomic E-state index is -0.213. The first-order valence-corrected chi connectivity index (χ1v) is 7.21. The molecule has 21 heavy (non-hydrogen) atoms. The summed E-state index contributed by atoms with van der Waals surface area (Å²) in [6.07, 6.45) is 0. The van der Waals surface area contributed by atoms with E-state index in [0.29, 0.717) is 6.54 Å². The maximum atomic E-state index is 13.6. The van der Waals surface area contributed by atoms with Crippen LogP contribution in [0.4, 0.5) is 4.39 Å². The molecule has 2 nitrogen and oxygen atoms in total. The summed E-state index contributed by atoms with van der Waals surface area (Å²) in [5, 5.41) is 3.26. The fourth-order valence-electron chi connectivity index (χ4n) is 2.65. The molecule has 0 heterocycles. The zero-order chi connectivity index (χ0) is 15.4. The van der Waals surface area contributed by atoms with Crippen molar-refractivity contribution in [3.8, 4) is 16.9 Å². The molecule has 0 amide bonds. The summed E-state index contributed by atoms with van der Waals surface area (Å²) in [6.45, 7) is 7.63. The molecule has 2 aromatic carbocycles. The first-order chi connectivity index (χ1) is 10.1. The van der Waals surface area contributed by atoms with Crippen LogP contribution in [0.3, 0.4) is 0 Å². The van der Waals surface area contributed by atoms with E-state index in [4.69, 9.17) is 4.74 Å². The average Bonchev–Trinajstić information content (AvgIpc) is 2.45. The lowest BCUT2D eigenvalue weighted by atomic mass is 9.93. The number of halogens is 1. The molecular formula is C18H22FNO. The molecule has 0 radical (unpaired) electrons. The smallest absolute Gasteiger partial charge is 0.127 e. The Hall–Kier alpha value is -1.87. The van der Waals surface area contributed by atoms with Gasteiger partial charge in [-0.05, 0) is 60.8 Å². The highest BCUT2D eigenvalue weighted by atomic mass is 19.1. The number of rotatable bonds is 5. The third kappa shape index (κ3) is 3.42. The molecule has 0 saturated heterocycles. The lowest BCUT2D eigenvalue weighted by Gasteiger charge is -2.17. The van der Waals surface area contributed by atoms with Gasteiger partial charge in [-0.25, -0.2) is 4.39 Å². The van der Waals surface area contributed by atoms with Crippen LogP contribution in [0.25, 0.3) is 11.1 Å². The van der Waals surface area contributed by atoms with Crippen LogP contribution in [0.5, 0.6) is 5.75 Å². The molecule has 2 aromatic rings. The number of benzene rings is 2. The Labute approximate surface area is 126 Å². The van der Waals surface area contributed by atoms with Crippen LogP contribution in [-0.4, -0.2) is 13.7 Å². The fourth-order valence-corrected chi connectivity index (χ4v) is 2.65. The molecule has 0 bridgehead atoms. The molecule has 0 aliphatic rings. The maximum Gasteiger partial charge on any atom is 0.127 e. The van der Waals surface area contributed by atoms with Gasteiger partial charge in [-0.3, -0.25) is 0 Å². The second kappa shape index (κ2) is 6.72. The molecule has 0 fully saturated rings. The quantitative estimate of drug-likeness (QED) is 0.888. The van der Waals surface area contributed by atoms with Crippen LogP contribution < -0.4 is 10.1 Å². The minimum absolute atomic E-state index is 0.213. The zero-order valence-electron chi connectivity index (χ0n) is 13.1. The second-order valence-electron chi connectivity index (χ2n) is 5.24. The minimum Gasteiger partial charge on any atom is -0.496 e. The Morgan fingerprint density at radius 3 is 2.57 bits per heavy atom. The highest BCUT2D eigenvalue weighted by Crippen LogP contribution is 2.36. The van der Waals surface area contributed by atoms with E-state index in [2.05, 4.69) is 18.3 Å². The molecule has 0 aliphatic heterocycles. The first kappa shape index (κ1) is 15.5. The Morgan fingerprint density at radius 1 is 1.14 bits per heavy atom. The van der Waals surface area contributed by atoms with Crippen LogP contribution in [0, 0.1) is 19.7 Å². The molecule has 1 N–H and O–H groups in total. The van der Waals surface area contributed by atoms with Crippen molar-refractivity contribution < 1.29 is 9.13 Å². The topological polar surface area (TPSA) is 21.3 Å². The molecule has 0 saturated carbocycles. The monoisotopic (exact) mass is 287 g/mol. The second-order valence-corrected chi connectivity index (χ2v) is 5.24. The largest absolute Gasteiger partial charge is 0.496 e. The van der Waals surface area contributed by atoms with E-state index in [0.717, 1.165) is 40.1 Å². The van der Waals surface area contributed by atoms with E-state index < -0.39 is 0 Å². The number of aryl methyl sites for hydroxylation is 2. The molecule has 0 aliphatic carbocycles. The van der Waals surface area contributed by atoms with Crippen molar-refractivity contribution in [2.75, 3.05) is 13.7 Å². The molecular weight excluding hydrogens is 265 g/mol. The highest BCUT2D eigenvalue weighted by Gasteiger charge is 2.14. The van der Waals surface area contributed by atoms with Gasteiger partial charge in [-0.1, -0.05) is 19.1 Å². The van der Waals surface area contributed by atoms with E-state index in [9.17, 15) is 4.39 Å². The standard InChI is InChI=1S/C18H22FNO/c1-5-20-11-14-10-15(19)6-7-16(14)18-13(3)8-12(2)9-17(18)21-4/h6-10,20H,5,11H2,1-4H3. The molecule has 2 rings (SSSR count). The van der Waals surface area contributed by atoms with Gasteiger partial charge in [0.25, 0.3) is 0 Å². The van der Waals surface area contributed by atoms with E-state index in [1.807, 2.05) is 26.0 Å². The SMILES string of the molecule is CCNCc1cc(F)ccc1-c1c(C)cc(C)cc1OC. The first-order valence-electron chi connectivity index (χ1n) is 7.21. The molecule has 3 heteroatoms. The summed E-state index contributed by atoms with van der Waals surface area (Å²) in [7, 11) is 1.67. The van der Waals surface area contributed by atoms with Crippen molar-refractivity contribution in [3.63, 3.8) is 0 Å². The third-order valence-corrected chi connectivity index (χ3v) is 3.57. The molecule has 0 atom stereocenters. The van der Waals surface area contributed by atoms with Gasteiger partial charge in [0.1, 0.15) is 11.6 Å². The highest BCUT2D eigenvalue weighted by molar-refractivity contribution is 5.77. The Bertz CT molecular complexity index is 637. The number of hydrogen-bond acceptors (Lipinski definition) is 2. The van der Waals surface area contributed by atoms with Gasteiger partial charge in [0, 0.05) is 12.1 Å². The summed E-state index contributed by atoms with van der Waals surface area (Å²) in [6, 6.07) is 9.07. The zero-order valence-corrected chi connectivity index (χ0v) is 13.1. The van der Waals surface area contributed by atoms with Crippen LogP contribution in [0.1, 0.15) is 23.6 Å². The number of hydrogen-bond donors (Lipinski definition) is 1. The fraction of sp³-hybridized carbons (Fsp3) is 0.333. The predicted octanol–water partition coefficient (Wildman–Crippen LogP) is 4.23. The van der Waals surface area contributed by atoms with E-state index in [1.165, 1.54) is 6.07 Å². The predicted molar refractivity (Wildman–Crippen MR) is 85.2 cm³/mol. The summed E-state index contributed by atoms with van der Waals surface area (Å²) < 4.78 is 19.1. The van der Waals surface area contributed by atoms with Gasteiger partial charge in [0.15, 0.2) is 0 Å². The van der Waals surface area contributed by atoms with Gasteiger partial charge < -0.3 is 10.1 Å². The van der Waals surface area contributed by atoms with Gasteiger partial charge in [-0.2, -0.15) is 0 Å². The number of methoxy groups -OCH3 is 1. The molecule has 0 spiro atoms. The summed E-state index contributed by atoms with van der Waals surface area (Å²) in [5.41, 5.74) is 5.30. The van der Waals surface area contributed by atoms with E-state index >= 15 is 0 Å². The van der Waals surface area contributed by atoms with Crippen molar-refractivity contribution in [1.82, 2.24) is 5.32 Å². The van der Waals surface area contributed by atoms with Gasteiger partial charge >= 0.3 is 0 Å². The van der Waals surface area contributed by atoms with Crippen molar-refractivity contribution >= 4 is 0 Å². The normalized spacial score (nSPS) is 10.7. The van der Waals surface area contributed by atoms with E-state index in [-0.39, 0.29) is 5.82 Å². The van der Waals surface area contributed by atoms with Crippen LogP contribution >= 0.6 is 0 Å². The van der Waals surface area contributed by atoms with Gasteiger partial charge in [-0.15, -0.1) is 0 Å². The van der Waals surface area contributed by atoms with Crippen molar-refractivity contribution in [2.24, 2.45) is 0 Å². The summed E-state index contributed by atoms with van der Waals surface area (Å²) in [5.74, 6) is 0.618. The van der Waals surface area contributed by atoms with Crippen LogP contribution in [0.2, 0.25) is 0 Å². The lowest BCUT2D eigenvalue weighted by Crippen LogP contribution is -2.13. The molecule has 0 aromatic heterocycles. The summed E-state index contributed by atoms with van der Waals surface area (Å²) >= 11 is 0. The van der Waals surface area contributed by atoms with Crippen LogP contribution in [0.15, 0.2) is 30.3 Å². The lowest BCUT2D eigenvalue weighted by molar-refractivity contribution is 0.416. The molecule has 0 unspecified atom stereocenters. The van der Waals surface area contributed by atoms with Crippen LogP contribution in [-0.2, 0) is 6.54 Å². The van der Waals surface area contributed by atoms with Gasteiger partial charge in [0.05, 0.1) is 7.11 Å². The maximum absolute atomic E-state index is 13.6. The van der Waals surface area contributed by atoms with Crippen molar-refractivity contribution in [1.29, 1.82) is 0 Å². The van der Waals surface area contributed by atoms with E-state index in [1.54, 1.807) is 13.2 Å². The number of nitrogens with one attached hydrogen (secondary N) is 1. The summed E-state index contributed by atoms with van der Waals surface area (Å²) in [4.78, 5) is 0. The Balaban J connectivity index is 2.61. The Morgan fingerprint density at radius 2 is 1.90 bits per heavy atom. The average molecular weight is 287 g/mol. The van der Waals surface area contributed by atoms with Crippen molar-refractivity contribution in [2.45, 2.75) is 27.3 Å². The third-order valence-electron chi connectivity index (χ3n) is 3.57. The molecule has 112 valence electrons. The van der Waals surface area contributed by atoms with Gasteiger partial charge in [0.2, 0.25) is 0 Å². The van der Waals surface area contributed by atoms with Crippen molar-refractivity contribution in [3.05, 3.63) is 52.8 Å².